The SMILES string of the molecule is CC(=O)Nc1cc(C)nn1-c1ccc(NS(=O)(=O)c2cccc(C(C)=O)c2)cc1. The van der Waals surface area contributed by atoms with Gasteiger partial charge in [-0.1, -0.05) is 12.1 Å². The zero-order valence-electron chi connectivity index (χ0n) is 16.1. The van der Waals surface area contributed by atoms with Crippen LogP contribution in [-0.4, -0.2) is 29.9 Å². The van der Waals surface area contributed by atoms with E-state index in [0.717, 1.165) is 5.69 Å². The topological polar surface area (TPSA) is 110 Å². The molecule has 0 saturated heterocycles. The molecule has 0 bridgehead atoms. The van der Waals surface area contributed by atoms with Crippen LogP contribution in [-0.2, 0) is 14.8 Å². The van der Waals surface area contributed by atoms with Gasteiger partial charge in [-0.3, -0.25) is 14.3 Å². The van der Waals surface area contributed by atoms with Crippen LogP contribution in [0.25, 0.3) is 5.69 Å². The predicted molar refractivity (Wildman–Crippen MR) is 110 cm³/mol. The van der Waals surface area contributed by atoms with E-state index in [4.69, 9.17) is 0 Å². The highest BCUT2D eigenvalue weighted by molar-refractivity contribution is 7.92. The molecule has 0 fully saturated rings. The van der Waals surface area contributed by atoms with E-state index in [0.29, 0.717) is 22.8 Å². The van der Waals surface area contributed by atoms with Crippen molar-refractivity contribution in [1.29, 1.82) is 0 Å². The van der Waals surface area contributed by atoms with E-state index in [1.165, 1.54) is 32.0 Å². The lowest BCUT2D eigenvalue weighted by molar-refractivity contribution is -0.114. The summed E-state index contributed by atoms with van der Waals surface area (Å²) in [5.74, 6) is 0.0867. The van der Waals surface area contributed by atoms with E-state index >= 15 is 0 Å². The number of anilines is 2. The largest absolute Gasteiger partial charge is 0.311 e. The Morgan fingerprint density at radius 3 is 2.31 bits per heavy atom. The summed E-state index contributed by atoms with van der Waals surface area (Å²) in [6.45, 7) is 4.59. The summed E-state index contributed by atoms with van der Waals surface area (Å²) in [5.41, 5.74) is 2.06. The number of Topliss-reactive ketones (excluding diaryl/α,β-unsaturated/α-hetero) is 1. The van der Waals surface area contributed by atoms with Crippen molar-refractivity contribution >= 4 is 33.2 Å². The first-order valence-corrected chi connectivity index (χ1v) is 10.2. The molecule has 0 radical (unpaired) electrons. The third kappa shape index (κ3) is 4.69. The highest BCUT2D eigenvalue weighted by Gasteiger charge is 2.16. The molecule has 9 heteroatoms. The average molecular weight is 412 g/mol. The van der Waals surface area contributed by atoms with Gasteiger partial charge in [-0.15, -0.1) is 0 Å². The maximum Gasteiger partial charge on any atom is 0.261 e. The van der Waals surface area contributed by atoms with Crippen molar-refractivity contribution in [3.63, 3.8) is 0 Å². The van der Waals surface area contributed by atoms with Crippen LogP contribution in [0, 0.1) is 6.92 Å². The summed E-state index contributed by atoms with van der Waals surface area (Å²) < 4.78 is 29.3. The fraction of sp³-hybridized carbons (Fsp3) is 0.150. The van der Waals surface area contributed by atoms with Crippen molar-refractivity contribution in [2.75, 3.05) is 10.0 Å². The number of aromatic nitrogens is 2. The van der Waals surface area contributed by atoms with Crippen molar-refractivity contribution in [3.05, 3.63) is 65.9 Å². The Labute approximate surface area is 168 Å². The van der Waals surface area contributed by atoms with Gasteiger partial charge < -0.3 is 5.32 Å². The number of hydrogen-bond acceptors (Lipinski definition) is 5. The Morgan fingerprint density at radius 1 is 1.00 bits per heavy atom. The molecule has 0 atom stereocenters. The molecular weight excluding hydrogens is 392 g/mol. The van der Waals surface area contributed by atoms with E-state index in [1.807, 2.05) is 0 Å². The molecule has 8 nitrogen and oxygen atoms in total. The van der Waals surface area contributed by atoms with E-state index in [2.05, 4.69) is 15.1 Å². The second-order valence-corrected chi connectivity index (χ2v) is 8.18. The van der Waals surface area contributed by atoms with Gasteiger partial charge >= 0.3 is 0 Å². The monoisotopic (exact) mass is 412 g/mol. The Kier molecular flexibility index (Phi) is 5.51. The van der Waals surface area contributed by atoms with Crippen molar-refractivity contribution < 1.29 is 18.0 Å². The minimum atomic E-state index is -3.85. The lowest BCUT2D eigenvalue weighted by Crippen LogP contribution is -2.14. The molecule has 0 saturated carbocycles. The van der Waals surface area contributed by atoms with Gasteiger partial charge in [0.2, 0.25) is 5.91 Å². The molecule has 0 aliphatic rings. The fourth-order valence-electron chi connectivity index (χ4n) is 2.73. The maximum atomic E-state index is 12.6. The summed E-state index contributed by atoms with van der Waals surface area (Å²) in [6, 6.07) is 14.1. The van der Waals surface area contributed by atoms with E-state index < -0.39 is 10.0 Å². The van der Waals surface area contributed by atoms with Gasteiger partial charge in [-0.25, -0.2) is 13.1 Å². The van der Waals surface area contributed by atoms with Gasteiger partial charge in [0.1, 0.15) is 5.82 Å². The molecule has 0 spiro atoms. The highest BCUT2D eigenvalue weighted by Crippen LogP contribution is 2.21. The zero-order valence-corrected chi connectivity index (χ0v) is 16.9. The van der Waals surface area contributed by atoms with Crippen LogP contribution in [0.3, 0.4) is 0 Å². The number of benzene rings is 2. The minimum Gasteiger partial charge on any atom is -0.311 e. The Morgan fingerprint density at radius 2 is 1.69 bits per heavy atom. The molecule has 0 aliphatic carbocycles. The second-order valence-electron chi connectivity index (χ2n) is 6.50. The summed E-state index contributed by atoms with van der Waals surface area (Å²) in [6.07, 6.45) is 0. The standard InChI is InChI=1S/C20H20N4O4S/c1-13-11-20(21-15(3)26)24(22-13)18-9-7-17(8-10-18)23-29(27,28)19-6-4-5-16(12-19)14(2)25/h4-12,23H,1-3H3,(H,21,26). The molecule has 150 valence electrons. The number of hydrogen-bond donors (Lipinski definition) is 2. The molecular formula is C20H20N4O4S. The summed E-state index contributed by atoms with van der Waals surface area (Å²) in [5, 5.41) is 7.05. The van der Waals surface area contributed by atoms with Crippen LogP contribution in [0.1, 0.15) is 29.9 Å². The van der Waals surface area contributed by atoms with Crippen LogP contribution in [0.2, 0.25) is 0 Å². The normalized spacial score (nSPS) is 11.1. The van der Waals surface area contributed by atoms with Crippen LogP contribution < -0.4 is 10.0 Å². The van der Waals surface area contributed by atoms with Gasteiger partial charge in [-0.05, 0) is 50.2 Å². The van der Waals surface area contributed by atoms with Crippen molar-refractivity contribution in [2.45, 2.75) is 25.7 Å². The zero-order chi connectivity index (χ0) is 21.2. The Bertz CT molecular complexity index is 1180. The maximum absolute atomic E-state index is 12.6. The smallest absolute Gasteiger partial charge is 0.261 e. The van der Waals surface area contributed by atoms with Crippen molar-refractivity contribution in [2.24, 2.45) is 0 Å². The Balaban J connectivity index is 1.85. The van der Waals surface area contributed by atoms with Gasteiger partial charge in [0.25, 0.3) is 10.0 Å². The fourth-order valence-corrected chi connectivity index (χ4v) is 3.84. The van der Waals surface area contributed by atoms with Gasteiger partial charge in [-0.2, -0.15) is 5.10 Å². The molecule has 1 heterocycles. The van der Waals surface area contributed by atoms with E-state index in [-0.39, 0.29) is 16.6 Å². The number of carbonyl (C=O) groups excluding carboxylic acids is 2. The lowest BCUT2D eigenvalue weighted by atomic mass is 10.2. The number of sulfonamides is 1. The number of carbonyl (C=O) groups is 2. The molecule has 1 aromatic heterocycles. The number of amides is 1. The highest BCUT2D eigenvalue weighted by atomic mass is 32.2. The second kappa shape index (κ2) is 7.88. The van der Waals surface area contributed by atoms with E-state index in [1.54, 1.807) is 48.0 Å². The predicted octanol–water partition coefficient (Wildman–Crippen LogP) is 3.14. The van der Waals surface area contributed by atoms with Crippen LogP contribution in [0.5, 0.6) is 0 Å². The van der Waals surface area contributed by atoms with Gasteiger partial charge in [0.15, 0.2) is 5.78 Å². The third-order valence-corrected chi connectivity index (χ3v) is 5.43. The first kappa shape index (κ1) is 20.3. The first-order valence-electron chi connectivity index (χ1n) is 8.74. The number of ketones is 1. The molecule has 3 aromatic rings. The lowest BCUT2D eigenvalue weighted by Gasteiger charge is -2.11. The first-order chi connectivity index (χ1) is 13.7. The van der Waals surface area contributed by atoms with Crippen LogP contribution >= 0.6 is 0 Å². The van der Waals surface area contributed by atoms with E-state index in [9.17, 15) is 18.0 Å². The molecule has 3 rings (SSSR count). The quantitative estimate of drug-likeness (QED) is 0.605. The van der Waals surface area contributed by atoms with Crippen molar-refractivity contribution in [1.82, 2.24) is 9.78 Å². The molecule has 2 aromatic carbocycles. The van der Waals surface area contributed by atoms with Gasteiger partial charge in [0.05, 0.1) is 16.3 Å². The summed E-state index contributed by atoms with van der Waals surface area (Å²) in [7, 11) is -3.85. The van der Waals surface area contributed by atoms with Gasteiger partial charge in [0, 0.05) is 24.2 Å². The number of nitrogens with zero attached hydrogens (tertiary/aromatic N) is 2. The summed E-state index contributed by atoms with van der Waals surface area (Å²) in [4.78, 5) is 22.9. The third-order valence-electron chi connectivity index (χ3n) is 4.05. The number of aryl methyl sites for hydroxylation is 1. The molecule has 1 amide bonds. The minimum absolute atomic E-state index is 0.00456. The summed E-state index contributed by atoms with van der Waals surface area (Å²) >= 11 is 0. The van der Waals surface area contributed by atoms with Crippen molar-refractivity contribution in [3.8, 4) is 5.69 Å². The molecule has 0 aliphatic heterocycles. The number of rotatable bonds is 6. The molecule has 0 unspecified atom stereocenters. The van der Waals surface area contributed by atoms with Crippen LogP contribution in [0.4, 0.5) is 11.5 Å². The average Bonchev–Trinajstić information content (AvgIpc) is 3.01. The molecule has 29 heavy (non-hydrogen) atoms. The van der Waals surface area contributed by atoms with Crippen LogP contribution in [0.15, 0.2) is 59.5 Å². The molecule has 2 N–H and O–H groups in total. The Hall–Kier alpha value is -3.46. The number of nitrogens with one attached hydrogen (secondary N) is 2.